The molecule has 0 saturated heterocycles. The molecule has 0 heterocycles. The molecule has 0 radical (unpaired) electrons. The molecular formula is C18H16N3O5-. The zero-order valence-corrected chi connectivity index (χ0v) is 13.7. The number of rotatable bonds is 7. The number of aliphatic carboxylic acids is 1. The Balaban J connectivity index is 1.77. The number of carboxylic acids is 1. The standard InChI is InChI=1S/C18H17N3O5/c22-16(23)12-26-15-8-6-14(7-9-15)11-20-21-18(25)17(24)19-10-13-4-2-1-3-5-13/h1-9,11H,10,12H2,(H,19,24)(H,21,25)(H,22,23)/p-1/b20-11-. The van der Waals surface area contributed by atoms with Crippen LogP contribution < -0.4 is 20.6 Å². The van der Waals surface area contributed by atoms with Gasteiger partial charge in [-0.05, 0) is 35.4 Å². The van der Waals surface area contributed by atoms with E-state index in [0.29, 0.717) is 11.3 Å². The average Bonchev–Trinajstić information content (AvgIpc) is 2.66. The summed E-state index contributed by atoms with van der Waals surface area (Å²) in [5, 5.41) is 16.5. The fourth-order valence-electron chi connectivity index (χ4n) is 1.87. The number of hydrogen-bond acceptors (Lipinski definition) is 6. The Morgan fingerprint density at radius 1 is 1.00 bits per heavy atom. The van der Waals surface area contributed by atoms with Crippen LogP contribution in [0.25, 0.3) is 0 Å². The lowest BCUT2D eigenvalue weighted by Gasteiger charge is -2.06. The van der Waals surface area contributed by atoms with Crippen molar-refractivity contribution in [2.45, 2.75) is 6.54 Å². The third kappa shape index (κ3) is 6.44. The molecule has 2 aromatic carbocycles. The predicted octanol–water partition coefficient (Wildman–Crippen LogP) is -0.418. The minimum absolute atomic E-state index is 0.240. The third-order valence-corrected chi connectivity index (χ3v) is 3.12. The number of nitrogens with zero attached hydrogens (tertiary/aromatic N) is 1. The molecule has 0 aliphatic heterocycles. The van der Waals surface area contributed by atoms with E-state index in [-0.39, 0.29) is 6.54 Å². The van der Waals surface area contributed by atoms with Crippen molar-refractivity contribution in [3.8, 4) is 5.75 Å². The van der Waals surface area contributed by atoms with E-state index >= 15 is 0 Å². The van der Waals surface area contributed by atoms with Crippen LogP contribution in [0.15, 0.2) is 59.7 Å². The lowest BCUT2D eigenvalue weighted by atomic mass is 10.2. The van der Waals surface area contributed by atoms with Crippen molar-refractivity contribution in [2.75, 3.05) is 6.61 Å². The van der Waals surface area contributed by atoms with Crippen molar-refractivity contribution >= 4 is 24.0 Å². The number of amides is 2. The quantitative estimate of drug-likeness (QED) is 0.398. The molecule has 2 amide bonds. The largest absolute Gasteiger partial charge is 0.546 e. The van der Waals surface area contributed by atoms with Gasteiger partial charge in [0.1, 0.15) is 12.4 Å². The second-order valence-electron chi connectivity index (χ2n) is 5.10. The van der Waals surface area contributed by atoms with Gasteiger partial charge < -0.3 is 20.0 Å². The van der Waals surface area contributed by atoms with Gasteiger partial charge in [-0.15, -0.1) is 0 Å². The summed E-state index contributed by atoms with van der Waals surface area (Å²) in [4.78, 5) is 33.6. The molecule has 2 rings (SSSR count). The summed E-state index contributed by atoms with van der Waals surface area (Å²) >= 11 is 0. The zero-order chi connectivity index (χ0) is 18.8. The van der Waals surface area contributed by atoms with Crippen LogP contribution in [-0.2, 0) is 20.9 Å². The number of nitrogens with one attached hydrogen (secondary N) is 2. The molecule has 2 N–H and O–H groups in total. The number of hydrazone groups is 1. The van der Waals surface area contributed by atoms with E-state index < -0.39 is 24.4 Å². The molecule has 8 nitrogen and oxygen atoms in total. The lowest BCUT2D eigenvalue weighted by Crippen LogP contribution is -2.37. The highest BCUT2D eigenvalue weighted by atomic mass is 16.5. The maximum Gasteiger partial charge on any atom is 0.329 e. The van der Waals surface area contributed by atoms with Crippen LogP contribution >= 0.6 is 0 Å². The second-order valence-corrected chi connectivity index (χ2v) is 5.10. The molecule has 2 aromatic rings. The van der Waals surface area contributed by atoms with Crippen molar-refractivity contribution in [3.63, 3.8) is 0 Å². The number of carboxylic acid groups (broad SMARTS) is 1. The monoisotopic (exact) mass is 354 g/mol. The first kappa shape index (κ1) is 18.7. The van der Waals surface area contributed by atoms with Crippen molar-refractivity contribution in [3.05, 3.63) is 65.7 Å². The SMILES string of the molecule is O=C([O-])COc1ccc(/C=N\NC(=O)C(=O)NCc2ccccc2)cc1. The van der Waals surface area contributed by atoms with Crippen LogP contribution in [0.1, 0.15) is 11.1 Å². The average molecular weight is 354 g/mol. The molecule has 0 unspecified atom stereocenters. The molecule has 0 atom stereocenters. The lowest BCUT2D eigenvalue weighted by molar-refractivity contribution is -0.307. The van der Waals surface area contributed by atoms with Gasteiger partial charge in [-0.3, -0.25) is 9.59 Å². The molecule has 0 spiro atoms. The molecule has 0 aromatic heterocycles. The summed E-state index contributed by atoms with van der Waals surface area (Å²) in [5.74, 6) is -2.64. The van der Waals surface area contributed by atoms with E-state index in [0.717, 1.165) is 5.56 Å². The maximum atomic E-state index is 11.7. The smallest absolute Gasteiger partial charge is 0.329 e. The summed E-state index contributed by atoms with van der Waals surface area (Å²) in [5.41, 5.74) is 3.62. The van der Waals surface area contributed by atoms with E-state index in [1.54, 1.807) is 24.3 Å². The van der Waals surface area contributed by atoms with Crippen LogP contribution in [0.3, 0.4) is 0 Å². The summed E-state index contributed by atoms with van der Waals surface area (Å²) in [7, 11) is 0. The molecule has 134 valence electrons. The second kappa shape index (κ2) is 9.58. The first-order valence-electron chi connectivity index (χ1n) is 7.62. The van der Waals surface area contributed by atoms with E-state index in [1.165, 1.54) is 6.21 Å². The van der Waals surface area contributed by atoms with Gasteiger partial charge >= 0.3 is 11.8 Å². The van der Waals surface area contributed by atoms with Gasteiger partial charge in [0.05, 0.1) is 12.2 Å². The zero-order valence-electron chi connectivity index (χ0n) is 13.7. The Bertz CT molecular complexity index is 788. The Hall–Kier alpha value is -3.68. The summed E-state index contributed by atoms with van der Waals surface area (Å²) in [6.45, 7) is -0.300. The van der Waals surface area contributed by atoms with E-state index in [9.17, 15) is 19.5 Å². The van der Waals surface area contributed by atoms with Gasteiger partial charge in [0.2, 0.25) is 0 Å². The van der Waals surface area contributed by atoms with Gasteiger partial charge in [-0.2, -0.15) is 5.10 Å². The topological polar surface area (TPSA) is 120 Å². The number of hydrogen-bond donors (Lipinski definition) is 2. The Kier molecular flexibility index (Phi) is 6.87. The highest BCUT2D eigenvalue weighted by Gasteiger charge is 2.11. The number of ether oxygens (including phenoxy) is 1. The Labute approximate surface area is 149 Å². The Morgan fingerprint density at radius 2 is 1.69 bits per heavy atom. The molecule has 0 fully saturated rings. The van der Waals surface area contributed by atoms with Crippen molar-refractivity contribution in [1.29, 1.82) is 0 Å². The molecule has 0 saturated carbocycles. The van der Waals surface area contributed by atoms with Crippen LogP contribution in [0, 0.1) is 0 Å². The van der Waals surface area contributed by atoms with E-state index in [4.69, 9.17) is 4.74 Å². The van der Waals surface area contributed by atoms with E-state index in [1.807, 2.05) is 30.3 Å². The first-order chi connectivity index (χ1) is 12.5. The number of carbonyl (C=O) groups excluding carboxylic acids is 3. The van der Waals surface area contributed by atoms with Crippen molar-refractivity contribution in [1.82, 2.24) is 10.7 Å². The van der Waals surface area contributed by atoms with Crippen molar-refractivity contribution in [2.24, 2.45) is 5.10 Å². The minimum Gasteiger partial charge on any atom is -0.546 e. The van der Waals surface area contributed by atoms with Crippen LogP contribution in [0.5, 0.6) is 5.75 Å². The highest BCUT2D eigenvalue weighted by Crippen LogP contribution is 2.10. The molecule has 0 aliphatic carbocycles. The summed E-state index contributed by atoms with van der Waals surface area (Å²) in [6, 6.07) is 15.5. The van der Waals surface area contributed by atoms with Gasteiger partial charge in [0, 0.05) is 6.54 Å². The number of carbonyl (C=O) groups is 3. The van der Waals surface area contributed by atoms with Crippen LogP contribution in [-0.4, -0.2) is 30.6 Å². The summed E-state index contributed by atoms with van der Waals surface area (Å²) in [6.07, 6.45) is 1.34. The van der Waals surface area contributed by atoms with Gasteiger partial charge in [0.25, 0.3) is 0 Å². The third-order valence-electron chi connectivity index (χ3n) is 3.12. The highest BCUT2D eigenvalue weighted by molar-refractivity contribution is 6.35. The summed E-state index contributed by atoms with van der Waals surface area (Å²) < 4.78 is 4.93. The molecular weight excluding hydrogens is 338 g/mol. The molecule has 0 bridgehead atoms. The molecule has 8 heteroatoms. The molecule has 26 heavy (non-hydrogen) atoms. The van der Waals surface area contributed by atoms with Crippen LogP contribution in [0.4, 0.5) is 0 Å². The normalized spacial score (nSPS) is 10.3. The molecule has 0 aliphatic rings. The van der Waals surface area contributed by atoms with Gasteiger partial charge in [-0.1, -0.05) is 30.3 Å². The van der Waals surface area contributed by atoms with Crippen molar-refractivity contribution < 1.29 is 24.2 Å². The first-order valence-corrected chi connectivity index (χ1v) is 7.62. The fourth-order valence-corrected chi connectivity index (χ4v) is 1.87. The fraction of sp³-hybridized carbons (Fsp3) is 0.111. The van der Waals surface area contributed by atoms with Gasteiger partial charge in [-0.25, -0.2) is 5.43 Å². The number of benzene rings is 2. The van der Waals surface area contributed by atoms with E-state index in [2.05, 4.69) is 15.8 Å². The Morgan fingerprint density at radius 3 is 2.35 bits per heavy atom. The minimum atomic E-state index is -1.32. The maximum absolute atomic E-state index is 11.7. The van der Waals surface area contributed by atoms with Gasteiger partial charge in [0.15, 0.2) is 0 Å². The van der Waals surface area contributed by atoms with Crippen LogP contribution in [0.2, 0.25) is 0 Å². The predicted molar refractivity (Wildman–Crippen MR) is 91.0 cm³/mol.